The first-order valence-corrected chi connectivity index (χ1v) is 8.81. The number of carbonyl (C=O) groups excluding carboxylic acids is 1. The van der Waals surface area contributed by atoms with Crippen molar-refractivity contribution in [1.29, 1.82) is 0 Å². The lowest BCUT2D eigenvalue weighted by molar-refractivity contribution is -0.122. The van der Waals surface area contributed by atoms with E-state index < -0.39 is 0 Å². The molecule has 2 fully saturated rings. The average molecular weight is 349 g/mol. The number of para-hydroxylation sites is 1. The summed E-state index contributed by atoms with van der Waals surface area (Å²) < 4.78 is 5.79. The third kappa shape index (κ3) is 3.60. The molecule has 1 aliphatic heterocycles. The molecule has 0 radical (unpaired) electrons. The van der Waals surface area contributed by atoms with Gasteiger partial charge in [-0.1, -0.05) is 31.0 Å². The summed E-state index contributed by atoms with van der Waals surface area (Å²) in [7, 11) is 0. The molecule has 1 aromatic carbocycles. The maximum Gasteiger partial charge on any atom is 0.237 e. The van der Waals surface area contributed by atoms with Gasteiger partial charge in [0, 0.05) is 24.4 Å². The van der Waals surface area contributed by atoms with Crippen molar-refractivity contribution >= 4 is 29.3 Å². The van der Waals surface area contributed by atoms with Gasteiger partial charge in [-0.05, 0) is 37.3 Å². The third-order valence-corrected chi connectivity index (χ3v) is 5.33. The molecule has 2 aromatic rings. The topological polar surface area (TPSA) is 54.3 Å². The molecule has 1 aliphatic carbocycles. The second-order valence-corrected chi connectivity index (χ2v) is 6.90. The lowest BCUT2D eigenvalue weighted by Gasteiger charge is -2.24. The van der Waals surface area contributed by atoms with Gasteiger partial charge in [0.2, 0.25) is 5.91 Å². The number of carbonyl (C=O) groups is 1. The van der Waals surface area contributed by atoms with Crippen LogP contribution in [0.5, 0.6) is 0 Å². The molecular formula is C19H25ClN2O2. The maximum atomic E-state index is 12.3. The second kappa shape index (κ2) is 7.58. The molecule has 3 atom stereocenters. The first kappa shape index (κ1) is 17.3. The summed E-state index contributed by atoms with van der Waals surface area (Å²) in [5.74, 6) is 1.78. The molecule has 4 rings (SSSR count). The Hall–Kier alpha value is -1.52. The molecule has 2 heterocycles. The van der Waals surface area contributed by atoms with Crippen molar-refractivity contribution in [2.75, 3.05) is 6.54 Å². The molecule has 24 heavy (non-hydrogen) atoms. The lowest BCUT2D eigenvalue weighted by atomic mass is 9.85. The molecule has 2 aliphatic rings. The van der Waals surface area contributed by atoms with Gasteiger partial charge in [0.05, 0.1) is 6.04 Å². The van der Waals surface area contributed by atoms with Gasteiger partial charge in [0.1, 0.15) is 11.3 Å². The molecule has 1 aromatic heterocycles. The van der Waals surface area contributed by atoms with Crippen molar-refractivity contribution in [2.24, 2.45) is 5.92 Å². The number of benzene rings is 1. The molecular weight excluding hydrogens is 324 g/mol. The van der Waals surface area contributed by atoms with Gasteiger partial charge in [0.25, 0.3) is 0 Å². The third-order valence-electron chi connectivity index (χ3n) is 5.33. The molecule has 5 heteroatoms. The number of furan rings is 1. The largest absolute Gasteiger partial charge is 0.461 e. The normalized spacial score (nSPS) is 25.9. The highest BCUT2D eigenvalue weighted by Gasteiger charge is 2.37. The number of hydrogen-bond donors (Lipinski definition) is 2. The predicted molar refractivity (Wildman–Crippen MR) is 97.5 cm³/mol. The molecule has 3 unspecified atom stereocenters. The second-order valence-electron chi connectivity index (χ2n) is 6.90. The Bertz CT molecular complexity index is 652. The van der Waals surface area contributed by atoms with Gasteiger partial charge >= 0.3 is 0 Å². The molecule has 2 N–H and O–H groups in total. The van der Waals surface area contributed by atoms with Crippen LogP contribution in [-0.2, 0) is 11.2 Å². The molecule has 0 bridgehead atoms. The zero-order chi connectivity index (χ0) is 15.6. The lowest BCUT2D eigenvalue weighted by Crippen LogP contribution is -2.43. The van der Waals surface area contributed by atoms with Gasteiger partial charge in [-0.2, -0.15) is 0 Å². The zero-order valence-corrected chi connectivity index (χ0v) is 14.6. The minimum Gasteiger partial charge on any atom is -0.461 e. The maximum absolute atomic E-state index is 12.3. The molecule has 4 nitrogen and oxygen atoms in total. The molecule has 0 spiro atoms. The zero-order valence-electron chi connectivity index (χ0n) is 13.8. The van der Waals surface area contributed by atoms with E-state index in [1.54, 1.807) is 0 Å². The highest BCUT2D eigenvalue weighted by atomic mass is 35.5. The van der Waals surface area contributed by atoms with E-state index in [0.29, 0.717) is 18.5 Å². The van der Waals surface area contributed by atoms with E-state index in [1.165, 1.54) is 25.7 Å². The van der Waals surface area contributed by atoms with Crippen LogP contribution >= 0.6 is 12.4 Å². The van der Waals surface area contributed by atoms with Crippen LogP contribution in [0.4, 0.5) is 0 Å². The number of nitrogens with one attached hydrogen (secondary N) is 2. The average Bonchev–Trinajstić information content (AvgIpc) is 3.18. The number of rotatable bonds is 4. The first-order chi connectivity index (χ1) is 11.3. The first-order valence-electron chi connectivity index (χ1n) is 8.81. The summed E-state index contributed by atoms with van der Waals surface area (Å²) >= 11 is 0. The van der Waals surface area contributed by atoms with E-state index in [-0.39, 0.29) is 24.4 Å². The fraction of sp³-hybridized carbons (Fsp3) is 0.526. The van der Waals surface area contributed by atoms with Crippen LogP contribution in [-0.4, -0.2) is 24.5 Å². The van der Waals surface area contributed by atoms with Crippen molar-refractivity contribution < 1.29 is 9.21 Å². The number of fused-ring (bicyclic) bond motifs is 2. The van der Waals surface area contributed by atoms with Gasteiger partial charge in [0.15, 0.2) is 0 Å². The number of amides is 1. The minimum atomic E-state index is -0.00114. The van der Waals surface area contributed by atoms with Crippen molar-refractivity contribution in [3.63, 3.8) is 0 Å². The van der Waals surface area contributed by atoms with Crippen LogP contribution in [0.1, 0.15) is 37.9 Å². The van der Waals surface area contributed by atoms with Crippen molar-refractivity contribution in [3.8, 4) is 0 Å². The van der Waals surface area contributed by atoms with Crippen LogP contribution < -0.4 is 10.6 Å². The highest BCUT2D eigenvalue weighted by molar-refractivity contribution is 5.85. The Morgan fingerprint density at radius 3 is 2.92 bits per heavy atom. The Morgan fingerprint density at radius 1 is 1.25 bits per heavy atom. The van der Waals surface area contributed by atoms with Crippen molar-refractivity contribution in [2.45, 2.75) is 50.6 Å². The van der Waals surface area contributed by atoms with E-state index in [1.807, 2.05) is 24.3 Å². The SMILES string of the molecule is Cl.O=C(NCCc1cc2ccccc2o1)C1CC2CCCCC2N1. The van der Waals surface area contributed by atoms with Gasteiger partial charge < -0.3 is 15.1 Å². The van der Waals surface area contributed by atoms with Crippen LogP contribution in [0.15, 0.2) is 34.7 Å². The smallest absolute Gasteiger partial charge is 0.237 e. The Balaban J connectivity index is 0.00000169. The van der Waals surface area contributed by atoms with E-state index >= 15 is 0 Å². The van der Waals surface area contributed by atoms with Gasteiger partial charge in [-0.3, -0.25) is 4.79 Å². The van der Waals surface area contributed by atoms with Crippen LogP contribution in [0.2, 0.25) is 0 Å². The van der Waals surface area contributed by atoms with Crippen molar-refractivity contribution in [1.82, 2.24) is 10.6 Å². The molecule has 130 valence electrons. The van der Waals surface area contributed by atoms with E-state index in [2.05, 4.69) is 16.7 Å². The fourth-order valence-corrected chi connectivity index (χ4v) is 4.11. The van der Waals surface area contributed by atoms with E-state index in [9.17, 15) is 4.79 Å². The number of halogens is 1. The van der Waals surface area contributed by atoms with Crippen LogP contribution in [0.3, 0.4) is 0 Å². The summed E-state index contributed by atoms with van der Waals surface area (Å²) in [6.07, 6.45) is 6.87. The van der Waals surface area contributed by atoms with Crippen LogP contribution in [0.25, 0.3) is 11.0 Å². The summed E-state index contributed by atoms with van der Waals surface area (Å²) in [4.78, 5) is 12.3. The number of hydrogen-bond acceptors (Lipinski definition) is 3. The quantitative estimate of drug-likeness (QED) is 0.890. The molecule has 1 saturated carbocycles. The van der Waals surface area contributed by atoms with Crippen molar-refractivity contribution in [3.05, 3.63) is 36.1 Å². The highest BCUT2D eigenvalue weighted by Crippen LogP contribution is 2.33. The van der Waals surface area contributed by atoms with E-state index in [0.717, 1.165) is 29.6 Å². The Kier molecular flexibility index (Phi) is 5.47. The standard InChI is InChI=1S/C19H24N2O2.ClH/c22-19(17-12-13-5-1-3-7-16(13)21-17)20-10-9-15-11-14-6-2-4-8-18(14)23-15;/h2,4,6,8,11,13,16-17,21H,1,3,5,7,9-10,12H2,(H,20,22);1H. The van der Waals surface area contributed by atoms with Crippen LogP contribution in [0, 0.1) is 5.92 Å². The minimum absolute atomic E-state index is 0. The monoisotopic (exact) mass is 348 g/mol. The van der Waals surface area contributed by atoms with Gasteiger partial charge in [-0.15, -0.1) is 12.4 Å². The summed E-state index contributed by atoms with van der Waals surface area (Å²) in [5.41, 5.74) is 0.912. The Morgan fingerprint density at radius 2 is 2.08 bits per heavy atom. The molecule has 1 saturated heterocycles. The molecule has 1 amide bonds. The fourth-order valence-electron chi connectivity index (χ4n) is 4.11. The van der Waals surface area contributed by atoms with E-state index in [4.69, 9.17) is 4.42 Å². The Labute approximate surface area is 148 Å². The summed E-state index contributed by atoms with van der Waals surface area (Å²) in [6, 6.07) is 10.6. The predicted octanol–water partition coefficient (Wildman–Crippen LogP) is 3.43. The summed E-state index contributed by atoms with van der Waals surface area (Å²) in [5, 5.41) is 7.71. The summed E-state index contributed by atoms with van der Waals surface area (Å²) in [6.45, 7) is 0.631. The van der Waals surface area contributed by atoms with Gasteiger partial charge in [-0.25, -0.2) is 0 Å².